The highest BCUT2D eigenvalue weighted by Gasteiger charge is 2.50. The van der Waals surface area contributed by atoms with Gasteiger partial charge in [-0.15, -0.1) is 6.42 Å². The summed E-state index contributed by atoms with van der Waals surface area (Å²) in [7, 11) is 0. The van der Waals surface area contributed by atoms with E-state index in [4.69, 9.17) is 6.42 Å². The van der Waals surface area contributed by atoms with Crippen LogP contribution in [0.3, 0.4) is 0 Å². The second-order valence-electron chi connectivity index (χ2n) is 5.58. The zero-order chi connectivity index (χ0) is 17.3. The van der Waals surface area contributed by atoms with Crippen LogP contribution in [0.4, 0.5) is 5.69 Å². The molecule has 2 aromatic rings. The second kappa shape index (κ2) is 6.23. The molecule has 1 aliphatic heterocycles. The molecule has 0 aromatic heterocycles. The fraction of sp³-hybridized carbons (Fsp3) is 0.158. The summed E-state index contributed by atoms with van der Waals surface area (Å²) in [6, 6.07) is 13.7. The molecule has 24 heavy (non-hydrogen) atoms. The molecule has 1 N–H and O–H groups in total. The van der Waals surface area contributed by atoms with E-state index in [1.807, 2.05) is 0 Å². The molecule has 1 unspecified atom stereocenters. The largest absolute Gasteiger partial charge is 0.375 e. The van der Waals surface area contributed by atoms with Gasteiger partial charge in [0.15, 0.2) is 11.4 Å². The summed E-state index contributed by atoms with van der Waals surface area (Å²) in [5.74, 6) is 1.54. The molecule has 3 rings (SSSR count). The minimum atomic E-state index is -1.91. The molecule has 1 aliphatic rings. The molecule has 0 spiro atoms. The zero-order valence-electron chi connectivity index (χ0n) is 12.7. The SMILES string of the molecule is C#CCN1C(=O)C(O)(CC(=O)c2ccccc2)c2cc(Br)ccc21. The van der Waals surface area contributed by atoms with E-state index in [0.717, 1.165) is 0 Å². The molecule has 0 fully saturated rings. The van der Waals surface area contributed by atoms with E-state index in [1.165, 1.54) is 4.90 Å². The number of Topliss-reactive ketones (excluding diaryl/α,β-unsaturated/α-hetero) is 1. The van der Waals surface area contributed by atoms with Gasteiger partial charge in [0.05, 0.1) is 18.7 Å². The van der Waals surface area contributed by atoms with Crippen LogP contribution in [0.1, 0.15) is 22.3 Å². The van der Waals surface area contributed by atoms with E-state index in [1.54, 1.807) is 48.5 Å². The fourth-order valence-electron chi connectivity index (χ4n) is 2.90. The molecular weight excluding hydrogens is 370 g/mol. The molecule has 0 saturated carbocycles. The summed E-state index contributed by atoms with van der Waals surface area (Å²) in [5.41, 5.74) is -0.542. The quantitative estimate of drug-likeness (QED) is 0.652. The Hall–Kier alpha value is -2.42. The lowest BCUT2D eigenvalue weighted by Crippen LogP contribution is -2.42. The Labute approximate surface area is 148 Å². The van der Waals surface area contributed by atoms with Crippen molar-refractivity contribution in [1.82, 2.24) is 0 Å². The second-order valence-corrected chi connectivity index (χ2v) is 6.50. The van der Waals surface area contributed by atoms with E-state index in [0.29, 0.717) is 21.3 Å². The number of benzene rings is 2. The molecule has 0 aliphatic carbocycles. The van der Waals surface area contributed by atoms with Gasteiger partial charge >= 0.3 is 0 Å². The van der Waals surface area contributed by atoms with Crippen molar-refractivity contribution >= 4 is 33.3 Å². The van der Waals surface area contributed by atoms with E-state index < -0.39 is 11.5 Å². The van der Waals surface area contributed by atoms with E-state index in [9.17, 15) is 14.7 Å². The number of carbonyl (C=O) groups excluding carboxylic acids is 2. The van der Waals surface area contributed by atoms with Crippen LogP contribution in [-0.2, 0) is 10.4 Å². The first-order chi connectivity index (χ1) is 11.5. The average molecular weight is 384 g/mol. The molecule has 4 nitrogen and oxygen atoms in total. The summed E-state index contributed by atoms with van der Waals surface area (Å²) in [6.45, 7) is 0.0370. The molecule has 120 valence electrons. The number of ketones is 1. The van der Waals surface area contributed by atoms with Crippen LogP contribution < -0.4 is 4.90 Å². The van der Waals surface area contributed by atoms with Gasteiger partial charge in [-0.1, -0.05) is 52.2 Å². The van der Waals surface area contributed by atoms with Gasteiger partial charge in [0.25, 0.3) is 5.91 Å². The molecule has 1 atom stereocenters. The molecule has 2 aromatic carbocycles. The van der Waals surface area contributed by atoms with E-state index >= 15 is 0 Å². The van der Waals surface area contributed by atoms with Gasteiger partial charge in [-0.25, -0.2) is 0 Å². The normalized spacial score (nSPS) is 19.0. The average Bonchev–Trinajstić information content (AvgIpc) is 2.78. The Morgan fingerprint density at radius 3 is 2.62 bits per heavy atom. The third-order valence-electron chi connectivity index (χ3n) is 4.06. The number of hydrogen-bond donors (Lipinski definition) is 1. The van der Waals surface area contributed by atoms with Crippen molar-refractivity contribution in [3.63, 3.8) is 0 Å². The number of aliphatic hydroxyl groups is 1. The molecule has 1 amide bonds. The van der Waals surface area contributed by atoms with Gasteiger partial charge in [-0.05, 0) is 18.2 Å². The number of amides is 1. The maximum Gasteiger partial charge on any atom is 0.265 e. The minimum Gasteiger partial charge on any atom is -0.375 e. The van der Waals surface area contributed by atoms with Gasteiger partial charge < -0.3 is 5.11 Å². The number of nitrogens with zero attached hydrogens (tertiary/aromatic N) is 1. The van der Waals surface area contributed by atoms with Crippen LogP contribution in [0.5, 0.6) is 0 Å². The third kappa shape index (κ3) is 2.64. The predicted octanol–water partition coefficient (Wildman–Crippen LogP) is 2.89. The number of anilines is 1. The van der Waals surface area contributed by atoms with Crippen LogP contribution in [0.25, 0.3) is 0 Å². The fourth-order valence-corrected chi connectivity index (χ4v) is 3.26. The first-order valence-electron chi connectivity index (χ1n) is 7.33. The maximum absolute atomic E-state index is 12.8. The number of terminal acetylenes is 1. The van der Waals surface area contributed by atoms with Gasteiger partial charge in [0.1, 0.15) is 0 Å². The Bertz CT molecular complexity index is 857. The molecule has 0 bridgehead atoms. The van der Waals surface area contributed by atoms with E-state index in [2.05, 4.69) is 21.9 Å². The van der Waals surface area contributed by atoms with Crippen LogP contribution in [0.15, 0.2) is 53.0 Å². The lowest BCUT2D eigenvalue weighted by atomic mass is 9.88. The number of halogens is 1. The van der Waals surface area contributed by atoms with Crippen LogP contribution in [0, 0.1) is 12.3 Å². The number of carbonyl (C=O) groups is 2. The number of fused-ring (bicyclic) bond motifs is 1. The highest BCUT2D eigenvalue weighted by atomic mass is 79.9. The molecule has 0 saturated heterocycles. The lowest BCUT2D eigenvalue weighted by Gasteiger charge is -2.21. The van der Waals surface area contributed by atoms with Gasteiger partial charge in [0, 0.05) is 15.6 Å². The van der Waals surface area contributed by atoms with Crippen molar-refractivity contribution in [3.05, 3.63) is 64.1 Å². The van der Waals surface area contributed by atoms with Crippen molar-refractivity contribution in [2.24, 2.45) is 0 Å². The number of rotatable bonds is 4. The van der Waals surface area contributed by atoms with Crippen molar-refractivity contribution in [3.8, 4) is 12.3 Å². The van der Waals surface area contributed by atoms with Crippen molar-refractivity contribution in [1.29, 1.82) is 0 Å². The summed E-state index contributed by atoms with van der Waals surface area (Å²) in [5, 5.41) is 11.1. The first kappa shape index (κ1) is 16.4. The summed E-state index contributed by atoms with van der Waals surface area (Å²) >= 11 is 3.34. The smallest absolute Gasteiger partial charge is 0.265 e. The highest BCUT2D eigenvalue weighted by Crippen LogP contribution is 2.43. The first-order valence-corrected chi connectivity index (χ1v) is 8.13. The Morgan fingerprint density at radius 1 is 1.25 bits per heavy atom. The van der Waals surface area contributed by atoms with Gasteiger partial charge in [-0.2, -0.15) is 0 Å². The molecule has 0 radical (unpaired) electrons. The summed E-state index contributed by atoms with van der Waals surface area (Å²) < 4.78 is 0.710. The maximum atomic E-state index is 12.8. The number of hydrogen-bond acceptors (Lipinski definition) is 3. The Morgan fingerprint density at radius 2 is 1.96 bits per heavy atom. The highest BCUT2D eigenvalue weighted by molar-refractivity contribution is 9.10. The van der Waals surface area contributed by atoms with Crippen molar-refractivity contribution in [2.45, 2.75) is 12.0 Å². The lowest BCUT2D eigenvalue weighted by molar-refractivity contribution is -0.135. The van der Waals surface area contributed by atoms with E-state index in [-0.39, 0.29) is 18.7 Å². The van der Waals surface area contributed by atoms with Crippen LogP contribution in [0.2, 0.25) is 0 Å². The standard InChI is InChI=1S/C19H14BrNO3/c1-2-10-21-16-9-8-14(20)11-15(16)19(24,18(21)23)12-17(22)13-6-4-3-5-7-13/h1,3-9,11,24H,10,12H2. The summed E-state index contributed by atoms with van der Waals surface area (Å²) in [4.78, 5) is 26.6. The Kier molecular flexibility index (Phi) is 4.27. The molecule has 5 heteroatoms. The van der Waals surface area contributed by atoms with Crippen molar-refractivity contribution < 1.29 is 14.7 Å². The molecule has 1 heterocycles. The van der Waals surface area contributed by atoms with Crippen LogP contribution in [-0.4, -0.2) is 23.3 Å². The summed E-state index contributed by atoms with van der Waals surface area (Å²) in [6.07, 6.45) is 5.00. The minimum absolute atomic E-state index is 0.0370. The zero-order valence-corrected chi connectivity index (χ0v) is 14.3. The molecular formula is C19H14BrNO3. The van der Waals surface area contributed by atoms with Gasteiger partial charge in [0.2, 0.25) is 0 Å². The predicted molar refractivity (Wildman–Crippen MR) is 94.6 cm³/mol. The Balaban J connectivity index is 2.03. The topological polar surface area (TPSA) is 57.6 Å². The van der Waals surface area contributed by atoms with Crippen LogP contribution >= 0.6 is 15.9 Å². The van der Waals surface area contributed by atoms with Gasteiger partial charge in [-0.3, -0.25) is 14.5 Å². The van der Waals surface area contributed by atoms with Crippen molar-refractivity contribution in [2.75, 3.05) is 11.4 Å². The third-order valence-corrected chi connectivity index (χ3v) is 4.55. The monoisotopic (exact) mass is 383 g/mol.